The lowest BCUT2D eigenvalue weighted by Crippen LogP contribution is -2.26. The van der Waals surface area contributed by atoms with E-state index in [4.69, 9.17) is 5.73 Å². The lowest BCUT2D eigenvalue weighted by molar-refractivity contribution is 0.0880. The maximum absolute atomic E-state index is 13.1. The number of amides is 2. The third kappa shape index (κ3) is 2.42. The highest BCUT2D eigenvalue weighted by Gasteiger charge is 2.38. The Balaban J connectivity index is 0.00000206. The zero-order valence-electron chi connectivity index (χ0n) is 18.3. The molecule has 2 aromatic heterocycles. The predicted octanol–water partition coefficient (Wildman–Crippen LogP) is 4.78. The molecule has 7 heteroatoms. The number of hydrogen-bond donors (Lipinski definition) is 3. The molecular formula is C26H23ClN4O2. The maximum Gasteiger partial charge on any atom is 0.259 e. The summed E-state index contributed by atoms with van der Waals surface area (Å²) in [5.74, 6) is -0.638. The van der Waals surface area contributed by atoms with Gasteiger partial charge in [-0.3, -0.25) is 14.9 Å². The molecule has 0 unspecified atom stereocenters. The number of nitrogens with one attached hydrogen (secondary N) is 2. The Morgan fingerprint density at radius 3 is 2.52 bits per heavy atom. The van der Waals surface area contributed by atoms with Crippen LogP contribution in [-0.2, 0) is 19.5 Å². The second kappa shape index (κ2) is 6.37. The molecule has 5 aromatic rings. The SMILES string of the molecule is CC1(C)Cc2cccc3c4c5c(c6c7ccc(CN)cc7[nH]c6c4n(c23)C1)C(=O)NC5=O.Cl. The van der Waals surface area contributed by atoms with E-state index in [1.807, 2.05) is 18.2 Å². The van der Waals surface area contributed by atoms with Gasteiger partial charge in [0.05, 0.1) is 27.7 Å². The number of nitrogens with two attached hydrogens (primary N) is 1. The molecule has 0 bridgehead atoms. The third-order valence-corrected chi connectivity index (χ3v) is 7.19. The molecule has 0 radical (unpaired) electrons. The summed E-state index contributed by atoms with van der Waals surface area (Å²) in [7, 11) is 0. The summed E-state index contributed by atoms with van der Waals surface area (Å²) >= 11 is 0. The molecular weight excluding hydrogens is 436 g/mol. The first-order valence-corrected chi connectivity index (χ1v) is 11.0. The monoisotopic (exact) mass is 458 g/mol. The van der Waals surface area contributed by atoms with E-state index >= 15 is 0 Å². The summed E-state index contributed by atoms with van der Waals surface area (Å²) in [5, 5.41) is 6.23. The van der Waals surface area contributed by atoms with Gasteiger partial charge in [-0.15, -0.1) is 12.4 Å². The highest BCUT2D eigenvalue weighted by Crippen LogP contribution is 2.47. The lowest BCUT2D eigenvalue weighted by atomic mass is 9.82. The fourth-order valence-corrected chi connectivity index (χ4v) is 6.04. The van der Waals surface area contributed by atoms with E-state index in [1.165, 1.54) is 11.1 Å². The fraction of sp³-hybridized carbons (Fsp3) is 0.231. The Bertz CT molecular complexity index is 1710. The predicted molar refractivity (Wildman–Crippen MR) is 133 cm³/mol. The molecule has 0 saturated heterocycles. The molecule has 0 aliphatic carbocycles. The molecule has 2 amide bonds. The molecule has 6 nitrogen and oxygen atoms in total. The van der Waals surface area contributed by atoms with Gasteiger partial charge in [0, 0.05) is 40.2 Å². The number of carbonyl (C=O) groups excluding carboxylic acids is 2. The average molecular weight is 459 g/mol. The second-order valence-electron chi connectivity index (χ2n) is 9.96. The van der Waals surface area contributed by atoms with Crippen LogP contribution in [0, 0.1) is 5.41 Å². The van der Waals surface area contributed by atoms with Gasteiger partial charge in [-0.2, -0.15) is 0 Å². The fourth-order valence-electron chi connectivity index (χ4n) is 6.04. The van der Waals surface area contributed by atoms with Gasteiger partial charge in [0.1, 0.15) is 0 Å². The standard InChI is InChI=1S/C26H22N4O2.ClH/c1-26(2)9-13-4-3-5-15-18-20-19(24(31)29-25(20)32)17-14-7-6-12(10-27)8-16(14)28-21(17)23(18)30(11-26)22(13)15;/h3-8,28H,9-11,27H2,1-2H3,(H,29,31,32);1H. The first kappa shape index (κ1) is 20.3. The zero-order valence-corrected chi connectivity index (χ0v) is 19.2. The van der Waals surface area contributed by atoms with Crippen molar-refractivity contribution in [2.45, 2.75) is 33.4 Å². The number of para-hydroxylation sites is 1. The number of H-pyrrole nitrogens is 1. The van der Waals surface area contributed by atoms with Crippen LogP contribution < -0.4 is 11.1 Å². The average Bonchev–Trinajstić information content (AvgIpc) is 3.37. The molecule has 4 heterocycles. The molecule has 0 saturated carbocycles. The topological polar surface area (TPSA) is 92.9 Å². The summed E-state index contributed by atoms with van der Waals surface area (Å²) in [6.07, 6.45) is 0.976. The van der Waals surface area contributed by atoms with Crippen LogP contribution in [0.3, 0.4) is 0 Å². The van der Waals surface area contributed by atoms with Crippen molar-refractivity contribution in [2.24, 2.45) is 11.1 Å². The minimum absolute atomic E-state index is 0. The van der Waals surface area contributed by atoms with Crippen molar-refractivity contribution in [2.75, 3.05) is 0 Å². The van der Waals surface area contributed by atoms with Crippen LogP contribution in [-0.4, -0.2) is 21.4 Å². The molecule has 33 heavy (non-hydrogen) atoms. The van der Waals surface area contributed by atoms with E-state index in [0.717, 1.165) is 56.6 Å². The quantitative estimate of drug-likeness (QED) is 0.316. The van der Waals surface area contributed by atoms with Gasteiger partial charge in [0.15, 0.2) is 0 Å². The Kier molecular flexibility index (Phi) is 3.91. The van der Waals surface area contributed by atoms with Crippen molar-refractivity contribution in [3.8, 4) is 0 Å². The largest absolute Gasteiger partial charge is 0.353 e. The number of nitrogens with zero attached hydrogens (tertiary/aromatic N) is 1. The number of aromatic nitrogens is 2. The maximum atomic E-state index is 13.1. The van der Waals surface area contributed by atoms with E-state index in [2.05, 4.69) is 46.9 Å². The minimum atomic E-state index is -0.326. The summed E-state index contributed by atoms with van der Waals surface area (Å²) in [6.45, 7) is 5.84. The second-order valence-corrected chi connectivity index (χ2v) is 9.96. The van der Waals surface area contributed by atoms with Gasteiger partial charge >= 0.3 is 0 Å². The molecule has 3 aromatic carbocycles. The number of aromatic amines is 1. The Morgan fingerprint density at radius 1 is 1.00 bits per heavy atom. The van der Waals surface area contributed by atoms with Crippen molar-refractivity contribution >= 4 is 67.8 Å². The van der Waals surface area contributed by atoms with Crippen LogP contribution in [0.1, 0.15) is 45.7 Å². The number of benzene rings is 3. The molecule has 166 valence electrons. The molecule has 2 aliphatic rings. The van der Waals surface area contributed by atoms with Gasteiger partial charge in [0.25, 0.3) is 11.8 Å². The van der Waals surface area contributed by atoms with E-state index in [9.17, 15) is 9.59 Å². The van der Waals surface area contributed by atoms with Gasteiger partial charge in [0.2, 0.25) is 0 Å². The minimum Gasteiger partial charge on any atom is -0.353 e. The third-order valence-electron chi connectivity index (χ3n) is 7.19. The van der Waals surface area contributed by atoms with Crippen molar-refractivity contribution in [1.82, 2.24) is 14.9 Å². The van der Waals surface area contributed by atoms with E-state index in [0.29, 0.717) is 17.7 Å². The number of halogens is 1. The number of fused-ring (bicyclic) bond motifs is 10. The molecule has 7 rings (SSSR count). The van der Waals surface area contributed by atoms with E-state index in [1.54, 1.807) is 0 Å². The highest BCUT2D eigenvalue weighted by molar-refractivity contribution is 6.39. The van der Waals surface area contributed by atoms with Crippen LogP contribution >= 0.6 is 12.4 Å². The normalized spacial score (nSPS) is 16.6. The summed E-state index contributed by atoms with van der Waals surface area (Å²) in [5.41, 5.74) is 13.3. The highest BCUT2D eigenvalue weighted by atomic mass is 35.5. The molecule has 2 aliphatic heterocycles. The van der Waals surface area contributed by atoms with Crippen LogP contribution in [0.5, 0.6) is 0 Å². The summed E-state index contributed by atoms with van der Waals surface area (Å²) in [6, 6.07) is 12.4. The van der Waals surface area contributed by atoms with Crippen LogP contribution in [0.25, 0.3) is 43.6 Å². The summed E-state index contributed by atoms with van der Waals surface area (Å²) in [4.78, 5) is 29.7. The van der Waals surface area contributed by atoms with Crippen molar-refractivity contribution in [3.63, 3.8) is 0 Å². The molecule has 0 spiro atoms. The first-order chi connectivity index (χ1) is 15.4. The van der Waals surface area contributed by atoms with Gasteiger partial charge in [-0.1, -0.05) is 44.2 Å². The number of carbonyl (C=O) groups is 2. The molecule has 0 fully saturated rings. The zero-order chi connectivity index (χ0) is 21.9. The van der Waals surface area contributed by atoms with E-state index < -0.39 is 0 Å². The molecule has 4 N–H and O–H groups in total. The van der Waals surface area contributed by atoms with Crippen LogP contribution in [0.4, 0.5) is 0 Å². The van der Waals surface area contributed by atoms with Gasteiger partial charge in [-0.25, -0.2) is 0 Å². The van der Waals surface area contributed by atoms with Crippen molar-refractivity contribution < 1.29 is 9.59 Å². The first-order valence-electron chi connectivity index (χ1n) is 11.0. The lowest BCUT2D eigenvalue weighted by Gasteiger charge is -2.31. The number of rotatable bonds is 1. The van der Waals surface area contributed by atoms with Crippen molar-refractivity contribution in [3.05, 3.63) is 58.7 Å². The Labute approximate surface area is 195 Å². The summed E-state index contributed by atoms with van der Waals surface area (Å²) < 4.78 is 2.36. The smallest absolute Gasteiger partial charge is 0.259 e. The molecule has 0 atom stereocenters. The number of imide groups is 1. The van der Waals surface area contributed by atoms with Gasteiger partial charge < -0.3 is 15.3 Å². The Hall–Kier alpha value is -3.35. The van der Waals surface area contributed by atoms with Crippen LogP contribution in [0.2, 0.25) is 0 Å². The Morgan fingerprint density at radius 2 is 1.76 bits per heavy atom. The number of hydrogen-bond acceptors (Lipinski definition) is 3. The van der Waals surface area contributed by atoms with Gasteiger partial charge in [-0.05, 0) is 29.0 Å². The van der Waals surface area contributed by atoms with Crippen LogP contribution in [0.15, 0.2) is 36.4 Å². The van der Waals surface area contributed by atoms with E-state index in [-0.39, 0.29) is 29.6 Å². The van der Waals surface area contributed by atoms with Crippen molar-refractivity contribution in [1.29, 1.82) is 0 Å².